The molecule has 0 unspecified atom stereocenters. The van der Waals surface area contributed by atoms with Crippen molar-refractivity contribution in [1.29, 1.82) is 0 Å². The minimum atomic E-state index is -0.199. The van der Waals surface area contributed by atoms with Crippen molar-refractivity contribution in [1.82, 2.24) is 29.7 Å². The van der Waals surface area contributed by atoms with Gasteiger partial charge in [0.2, 0.25) is 11.7 Å². The summed E-state index contributed by atoms with van der Waals surface area (Å²) in [6.07, 6.45) is 1.62. The van der Waals surface area contributed by atoms with Crippen molar-refractivity contribution in [3.8, 4) is 11.4 Å². The van der Waals surface area contributed by atoms with E-state index in [2.05, 4.69) is 15.4 Å². The number of carbonyl (C=O) groups excluding carboxylic acids is 2. The molecule has 0 atom stereocenters. The Labute approximate surface area is 183 Å². The maximum Gasteiger partial charge on any atom is 0.292 e. The monoisotopic (exact) mass is 442 g/mol. The number of benzene rings is 1. The standard InChI is InChI=1S/C20H22N6O4S/c1-14-11-17(30-23-14)19(28)25-9-7-24(8-10-25)18(27)12-31-20-22-21-13-26(20)15-3-5-16(29-2)6-4-15/h3-6,11,13H,7-10,12H2,1-2H3. The Hall–Kier alpha value is -3.34. The van der Waals surface area contributed by atoms with Crippen LogP contribution in [-0.2, 0) is 4.79 Å². The number of rotatable bonds is 6. The number of thioether (sulfide) groups is 1. The second kappa shape index (κ2) is 9.21. The lowest BCUT2D eigenvalue weighted by Crippen LogP contribution is -2.51. The van der Waals surface area contributed by atoms with Crippen LogP contribution in [0.15, 0.2) is 46.3 Å². The van der Waals surface area contributed by atoms with Crippen LogP contribution in [0.1, 0.15) is 16.2 Å². The third-order valence-corrected chi connectivity index (χ3v) is 5.88. The lowest BCUT2D eigenvalue weighted by molar-refractivity contribution is -0.129. The van der Waals surface area contributed by atoms with E-state index in [0.717, 1.165) is 11.4 Å². The molecule has 0 bridgehead atoms. The summed E-state index contributed by atoms with van der Waals surface area (Å²) >= 11 is 1.33. The predicted octanol–water partition coefficient (Wildman–Crippen LogP) is 1.65. The van der Waals surface area contributed by atoms with Gasteiger partial charge < -0.3 is 19.1 Å². The lowest BCUT2D eigenvalue weighted by atomic mass is 10.2. The molecule has 1 aliphatic heterocycles. The highest BCUT2D eigenvalue weighted by Gasteiger charge is 2.27. The first-order chi connectivity index (χ1) is 15.0. The number of nitrogens with zero attached hydrogens (tertiary/aromatic N) is 6. The summed E-state index contributed by atoms with van der Waals surface area (Å²) in [5.41, 5.74) is 1.55. The summed E-state index contributed by atoms with van der Waals surface area (Å²) in [6, 6.07) is 9.14. The van der Waals surface area contributed by atoms with Crippen LogP contribution in [-0.4, -0.2) is 80.6 Å². The highest BCUT2D eigenvalue weighted by Crippen LogP contribution is 2.22. The van der Waals surface area contributed by atoms with Crippen molar-refractivity contribution in [3.05, 3.63) is 48.1 Å². The Balaban J connectivity index is 1.30. The number of carbonyl (C=O) groups is 2. The molecule has 11 heteroatoms. The lowest BCUT2D eigenvalue weighted by Gasteiger charge is -2.34. The highest BCUT2D eigenvalue weighted by molar-refractivity contribution is 7.99. The first kappa shape index (κ1) is 20.9. The van der Waals surface area contributed by atoms with Gasteiger partial charge in [-0.2, -0.15) is 0 Å². The largest absolute Gasteiger partial charge is 0.497 e. The van der Waals surface area contributed by atoms with E-state index >= 15 is 0 Å². The summed E-state index contributed by atoms with van der Waals surface area (Å²) in [7, 11) is 1.62. The second-order valence-electron chi connectivity index (χ2n) is 6.98. The van der Waals surface area contributed by atoms with Crippen molar-refractivity contribution < 1.29 is 18.8 Å². The molecule has 2 aromatic heterocycles. The van der Waals surface area contributed by atoms with Gasteiger partial charge in [0.15, 0.2) is 5.16 Å². The molecule has 4 rings (SSSR count). The van der Waals surface area contributed by atoms with Crippen LogP contribution in [0.3, 0.4) is 0 Å². The zero-order valence-electron chi connectivity index (χ0n) is 17.2. The van der Waals surface area contributed by atoms with Gasteiger partial charge in [0.05, 0.1) is 18.6 Å². The van der Waals surface area contributed by atoms with Crippen LogP contribution in [0.5, 0.6) is 5.75 Å². The summed E-state index contributed by atoms with van der Waals surface area (Å²) in [6.45, 7) is 3.63. The van der Waals surface area contributed by atoms with E-state index in [1.54, 1.807) is 36.2 Å². The molecule has 0 radical (unpaired) electrons. The molecule has 0 saturated carbocycles. The molecule has 0 N–H and O–H groups in total. The van der Waals surface area contributed by atoms with Gasteiger partial charge in [0.25, 0.3) is 5.91 Å². The Kier molecular flexibility index (Phi) is 6.21. The number of ether oxygens (including phenoxy) is 1. The maximum atomic E-state index is 12.7. The van der Waals surface area contributed by atoms with Crippen LogP contribution in [0, 0.1) is 6.92 Å². The van der Waals surface area contributed by atoms with Gasteiger partial charge in [-0.15, -0.1) is 10.2 Å². The number of aryl methyl sites for hydroxylation is 1. The van der Waals surface area contributed by atoms with E-state index in [9.17, 15) is 9.59 Å². The van der Waals surface area contributed by atoms with Gasteiger partial charge >= 0.3 is 0 Å². The number of hydrogen-bond acceptors (Lipinski definition) is 8. The van der Waals surface area contributed by atoms with Crippen LogP contribution in [0.25, 0.3) is 5.69 Å². The fourth-order valence-electron chi connectivity index (χ4n) is 3.24. The molecule has 10 nitrogen and oxygen atoms in total. The molecular formula is C20H22N6O4S. The van der Waals surface area contributed by atoms with Gasteiger partial charge in [-0.05, 0) is 31.2 Å². The topological polar surface area (TPSA) is 107 Å². The molecule has 3 aromatic rings. The van der Waals surface area contributed by atoms with Crippen molar-refractivity contribution in [3.63, 3.8) is 0 Å². The second-order valence-corrected chi connectivity index (χ2v) is 7.92. The van der Waals surface area contributed by atoms with Crippen LogP contribution in [0.4, 0.5) is 0 Å². The highest BCUT2D eigenvalue weighted by atomic mass is 32.2. The number of aromatic nitrogens is 4. The fourth-order valence-corrected chi connectivity index (χ4v) is 4.07. The van der Waals surface area contributed by atoms with Gasteiger partial charge in [-0.3, -0.25) is 14.2 Å². The normalized spacial score (nSPS) is 14.0. The quantitative estimate of drug-likeness (QED) is 0.531. The summed E-state index contributed by atoms with van der Waals surface area (Å²) in [5.74, 6) is 1.03. The molecule has 1 saturated heterocycles. The molecule has 0 spiro atoms. The van der Waals surface area contributed by atoms with E-state index in [4.69, 9.17) is 9.26 Å². The first-order valence-corrected chi connectivity index (χ1v) is 10.7. The maximum absolute atomic E-state index is 12.7. The number of methoxy groups -OCH3 is 1. The zero-order valence-corrected chi connectivity index (χ0v) is 18.0. The van der Waals surface area contributed by atoms with Gasteiger partial charge in [-0.25, -0.2) is 0 Å². The minimum absolute atomic E-state index is 0.00288. The van der Waals surface area contributed by atoms with Crippen molar-refractivity contribution in [2.24, 2.45) is 0 Å². The third-order valence-electron chi connectivity index (χ3n) is 4.95. The van der Waals surface area contributed by atoms with Gasteiger partial charge in [0.1, 0.15) is 12.1 Å². The molecule has 31 heavy (non-hydrogen) atoms. The van der Waals surface area contributed by atoms with Crippen molar-refractivity contribution in [2.75, 3.05) is 39.0 Å². The minimum Gasteiger partial charge on any atom is -0.497 e. The SMILES string of the molecule is COc1ccc(-n2cnnc2SCC(=O)N2CCN(C(=O)c3cc(C)no3)CC2)cc1. The van der Waals surface area contributed by atoms with Crippen molar-refractivity contribution >= 4 is 23.6 Å². The van der Waals surface area contributed by atoms with Gasteiger partial charge in [-0.1, -0.05) is 16.9 Å². The average molecular weight is 443 g/mol. The van der Waals surface area contributed by atoms with E-state index < -0.39 is 0 Å². The molecule has 162 valence electrons. The van der Waals surface area contributed by atoms with E-state index in [-0.39, 0.29) is 23.3 Å². The molecule has 1 aliphatic rings. The average Bonchev–Trinajstić information content (AvgIpc) is 3.46. The number of piperazine rings is 1. The van der Waals surface area contributed by atoms with Gasteiger partial charge in [0, 0.05) is 37.9 Å². The van der Waals surface area contributed by atoms with Crippen LogP contribution >= 0.6 is 11.8 Å². The number of amides is 2. The Morgan fingerprint density at radius 1 is 1.13 bits per heavy atom. The molecule has 2 amide bonds. The van der Waals surface area contributed by atoms with E-state index in [1.165, 1.54) is 11.8 Å². The molecule has 1 fully saturated rings. The van der Waals surface area contributed by atoms with Crippen LogP contribution < -0.4 is 4.74 Å². The first-order valence-electron chi connectivity index (χ1n) is 9.73. The van der Waals surface area contributed by atoms with E-state index in [0.29, 0.717) is 37.0 Å². The molecular weight excluding hydrogens is 420 g/mol. The molecule has 0 aliphatic carbocycles. The third kappa shape index (κ3) is 4.71. The smallest absolute Gasteiger partial charge is 0.292 e. The Bertz CT molecular complexity index is 1060. The Morgan fingerprint density at radius 2 is 1.84 bits per heavy atom. The summed E-state index contributed by atoms with van der Waals surface area (Å²) in [4.78, 5) is 28.6. The van der Waals surface area contributed by atoms with Crippen LogP contribution in [0.2, 0.25) is 0 Å². The van der Waals surface area contributed by atoms with E-state index in [1.807, 2.05) is 28.8 Å². The summed E-state index contributed by atoms with van der Waals surface area (Å²) in [5, 5.41) is 12.5. The number of hydrogen-bond donors (Lipinski definition) is 0. The fraction of sp³-hybridized carbons (Fsp3) is 0.350. The molecule has 3 heterocycles. The Morgan fingerprint density at radius 3 is 2.48 bits per heavy atom. The molecule has 1 aromatic carbocycles. The predicted molar refractivity (Wildman–Crippen MR) is 112 cm³/mol. The summed E-state index contributed by atoms with van der Waals surface area (Å²) < 4.78 is 12.1. The van der Waals surface area contributed by atoms with Crippen molar-refractivity contribution in [2.45, 2.75) is 12.1 Å². The zero-order chi connectivity index (χ0) is 21.8.